The Morgan fingerprint density at radius 1 is 1.43 bits per heavy atom. The van der Waals surface area contributed by atoms with Gasteiger partial charge in [0.2, 0.25) is 0 Å². The summed E-state index contributed by atoms with van der Waals surface area (Å²) in [5, 5.41) is 0. The van der Waals surface area contributed by atoms with E-state index in [9.17, 15) is 4.79 Å². The molecule has 1 saturated heterocycles. The third-order valence-corrected chi connectivity index (χ3v) is 4.65. The molecule has 1 aromatic rings. The number of rotatable bonds is 1. The van der Waals surface area contributed by atoms with Gasteiger partial charge < -0.3 is 4.90 Å². The molecule has 0 bridgehead atoms. The quantitative estimate of drug-likeness (QED) is 0.701. The molecule has 0 radical (unpaired) electrons. The van der Waals surface area contributed by atoms with E-state index in [0.717, 1.165) is 33.1 Å². The Kier molecular flexibility index (Phi) is 3.11. The number of halogens is 2. The molecule has 1 aliphatic rings. The average Bonchev–Trinajstić information content (AvgIpc) is 2.06. The minimum absolute atomic E-state index is 0.147. The summed E-state index contributed by atoms with van der Waals surface area (Å²) in [5.41, 5.74) is 0.775. The fourth-order valence-electron chi connectivity index (χ4n) is 1.33. The fraction of sp³-hybridized carbons (Fsp3) is 0.300. The van der Waals surface area contributed by atoms with E-state index in [-0.39, 0.29) is 5.91 Å². The lowest BCUT2D eigenvalue weighted by Crippen LogP contribution is -2.42. The van der Waals surface area contributed by atoms with Gasteiger partial charge in [0.1, 0.15) is 0 Å². The lowest BCUT2D eigenvalue weighted by Gasteiger charge is -2.30. The van der Waals surface area contributed by atoms with E-state index in [1.807, 2.05) is 23.1 Å². The Morgan fingerprint density at radius 2 is 2.14 bits per heavy atom. The van der Waals surface area contributed by atoms with Crippen molar-refractivity contribution in [1.29, 1.82) is 0 Å². The molecule has 0 aliphatic carbocycles. The highest BCUT2D eigenvalue weighted by Gasteiger charge is 2.21. The topological polar surface area (TPSA) is 20.3 Å². The number of hydrogen-bond acceptors (Lipinski definition) is 1. The normalized spacial score (nSPS) is 15.1. The maximum absolute atomic E-state index is 11.8. The maximum Gasteiger partial charge on any atom is 0.253 e. The second-order valence-electron chi connectivity index (χ2n) is 3.27. The highest BCUT2D eigenvalue weighted by Crippen LogP contribution is 2.22. The number of carbonyl (C=O) groups is 1. The van der Waals surface area contributed by atoms with Gasteiger partial charge in [0.15, 0.2) is 0 Å². The van der Waals surface area contributed by atoms with Gasteiger partial charge in [0.05, 0.1) is 0 Å². The van der Waals surface area contributed by atoms with Crippen molar-refractivity contribution in [3.05, 3.63) is 31.8 Å². The fourth-order valence-corrected chi connectivity index (χ4v) is 2.05. The molecule has 4 heteroatoms. The molecular formula is C10H9BrINO. The van der Waals surface area contributed by atoms with Crippen molar-refractivity contribution in [2.75, 3.05) is 13.1 Å². The lowest BCUT2D eigenvalue weighted by atomic mass is 10.1. The molecule has 1 aromatic carbocycles. The summed E-state index contributed by atoms with van der Waals surface area (Å²) in [4.78, 5) is 13.7. The summed E-state index contributed by atoms with van der Waals surface area (Å²) >= 11 is 5.66. The van der Waals surface area contributed by atoms with Gasteiger partial charge in [0, 0.05) is 26.7 Å². The zero-order chi connectivity index (χ0) is 10.1. The van der Waals surface area contributed by atoms with E-state index in [1.54, 1.807) is 0 Å². The molecule has 1 heterocycles. The van der Waals surface area contributed by atoms with Crippen LogP contribution in [0.5, 0.6) is 0 Å². The Balaban J connectivity index is 2.23. The van der Waals surface area contributed by atoms with Crippen molar-refractivity contribution in [3.8, 4) is 0 Å². The van der Waals surface area contributed by atoms with Crippen molar-refractivity contribution >= 4 is 44.4 Å². The predicted molar refractivity (Wildman–Crippen MR) is 67.4 cm³/mol. The molecule has 1 amide bonds. The highest BCUT2D eigenvalue weighted by atomic mass is 127. The van der Waals surface area contributed by atoms with Crippen LogP contribution < -0.4 is 0 Å². The molecule has 74 valence electrons. The SMILES string of the molecule is O=C(c1ccc(I)c(Br)c1)N1CCC1. The van der Waals surface area contributed by atoms with Gasteiger partial charge in [0.25, 0.3) is 5.91 Å². The Labute approximate surface area is 105 Å². The number of benzene rings is 1. The third-order valence-electron chi connectivity index (χ3n) is 2.31. The molecule has 2 rings (SSSR count). The van der Waals surface area contributed by atoms with Crippen LogP contribution in [-0.2, 0) is 0 Å². The van der Waals surface area contributed by atoms with Crippen LogP contribution in [0.1, 0.15) is 16.8 Å². The van der Waals surface area contributed by atoms with Crippen LogP contribution in [-0.4, -0.2) is 23.9 Å². The second kappa shape index (κ2) is 4.18. The molecular weight excluding hydrogens is 357 g/mol. The summed E-state index contributed by atoms with van der Waals surface area (Å²) in [5.74, 6) is 0.147. The Hall–Kier alpha value is -0.100. The van der Waals surface area contributed by atoms with Gasteiger partial charge in [-0.2, -0.15) is 0 Å². The van der Waals surface area contributed by atoms with Crippen LogP contribution in [0.4, 0.5) is 0 Å². The van der Waals surface area contributed by atoms with Crippen molar-refractivity contribution in [2.45, 2.75) is 6.42 Å². The first-order chi connectivity index (χ1) is 6.68. The molecule has 2 nitrogen and oxygen atoms in total. The number of likely N-dealkylation sites (tertiary alicyclic amines) is 1. The van der Waals surface area contributed by atoms with E-state index in [1.165, 1.54) is 0 Å². The monoisotopic (exact) mass is 365 g/mol. The molecule has 0 saturated carbocycles. The number of amides is 1. The standard InChI is InChI=1S/C10H9BrINO/c11-8-6-7(2-3-9(8)12)10(14)13-4-1-5-13/h2-3,6H,1,4-5H2. The van der Waals surface area contributed by atoms with Gasteiger partial charge in [-0.05, 0) is 63.1 Å². The van der Waals surface area contributed by atoms with E-state index >= 15 is 0 Å². The first-order valence-electron chi connectivity index (χ1n) is 4.43. The van der Waals surface area contributed by atoms with Crippen LogP contribution >= 0.6 is 38.5 Å². The largest absolute Gasteiger partial charge is 0.339 e. The minimum atomic E-state index is 0.147. The highest BCUT2D eigenvalue weighted by molar-refractivity contribution is 14.1. The molecule has 0 spiro atoms. The molecule has 14 heavy (non-hydrogen) atoms. The van der Waals surface area contributed by atoms with Crippen LogP contribution in [0.3, 0.4) is 0 Å². The van der Waals surface area contributed by atoms with E-state index in [4.69, 9.17) is 0 Å². The molecule has 0 atom stereocenters. The van der Waals surface area contributed by atoms with Crippen LogP contribution in [0, 0.1) is 3.57 Å². The van der Waals surface area contributed by atoms with Crippen LogP contribution in [0.2, 0.25) is 0 Å². The maximum atomic E-state index is 11.8. The van der Waals surface area contributed by atoms with E-state index in [0.29, 0.717) is 0 Å². The first kappa shape index (κ1) is 10.4. The number of carbonyl (C=O) groups excluding carboxylic acids is 1. The van der Waals surface area contributed by atoms with Crippen molar-refractivity contribution in [3.63, 3.8) is 0 Å². The zero-order valence-corrected chi connectivity index (χ0v) is 11.2. The van der Waals surface area contributed by atoms with E-state index < -0.39 is 0 Å². The zero-order valence-electron chi connectivity index (χ0n) is 7.46. The smallest absolute Gasteiger partial charge is 0.253 e. The summed E-state index contributed by atoms with van der Waals surface area (Å²) in [6, 6.07) is 5.73. The molecule has 0 N–H and O–H groups in total. The van der Waals surface area contributed by atoms with Gasteiger partial charge in [-0.15, -0.1) is 0 Å². The average molecular weight is 366 g/mol. The van der Waals surface area contributed by atoms with Gasteiger partial charge in [-0.1, -0.05) is 0 Å². The third kappa shape index (κ3) is 1.95. The molecule has 1 fully saturated rings. The summed E-state index contributed by atoms with van der Waals surface area (Å²) < 4.78 is 2.12. The Bertz CT molecular complexity index is 376. The molecule has 0 aromatic heterocycles. The molecule has 0 unspecified atom stereocenters. The first-order valence-corrected chi connectivity index (χ1v) is 6.30. The lowest BCUT2D eigenvalue weighted by molar-refractivity contribution is 0.0652. The minimum Gasteiger partial charge on any atom is -0.339 e. The summed E-state index contributed by atoms with van der Waals surface area (Å²) in [6.07, 6.45) is 1.14. The number of hydrogen-bond donors (Lipinski definition) is 0. The van der Waals surface area contributed by atoms with Crippen LogP contribution in [0.25, 0.3) is 0 Å². The van der Waals surface area contributed by atoms with E-state index in [2.05, 4.69) is 38.5 Å². The summed E-state index contributed by atoms with van der Waals surface area (Å²) in [6.45, 7) is 1.81. The van der Waals surface area contributed by atoms with Crippen molar-refractivity contribution in [2.24, 2.45) is 0 Å². The number of nitrogens with zero attached hydrogens (tertiary/aromatic N) is 1. The second-order valence-corrected chi connectivity index (χ2v) is 5.29. The van der Waals surface area contributed by atoms with Crippen molar-refractivity contribution < 1.29 is 4.79 Å². The van der Waals surface area contributed by atoms with Gasteiger partial charge in [-0.3, -0.25) is 4.79 Å². The van der Waals surface area contributed by atoms with Crippen molar-refractivity contribution in [1.82, 2.24) is 4.90 Å². The molecule has 1 aliphatic heterocycles. The van der Waals surface area contributed by atoms with Gasteiger partial charge >= 0.3 is 0 Å². The van der Waals surface area contributed by atoms with Crippen LogP contribution in [0.15, 0.2) is 22.7 Å². The predicted octanol–water partition coefficient (Wildman–Crippen LogP) is 2.90. The summed E-state index contributed by atoms with van der Waals surface area (Å²) in [7, 11) is 0. The van der Waals surface area contributed by atoms with Gasteiger partial charge in [-0.25, -0.2) is 0 Å². The Morgan fingerprint density at radius 3 is 2.64 bits per heavy atom.